The number of aliphatic hydroxyl groups is 1. The second-order valence-corrected chi connectivity index (χ2v) is 7.17. The Morgan fingerprint density at radius 2 is 1.92 bits per heavy atom. The summed E-state index contributed by atoms with van der Waals surface area (Å²) in [5.74, 6) is 0. The normalized spacial score (nSPS) is 22.7. The van der Waals surface area contributed by atoms with Crippen molar-refractivity contribution in [1.82, 2.24) is 9.80 Å². The zero-order valence-electron chi connectivity index (χ0n) is 15.7. The molecule has 0 bridgehead atoms. The number of rotatable bonds is 8. The van der Waals surface area contributed by atoms with E-state index in [1.165, 1.54) is 5.56 Å². The molecule has 0 aliphatic carbocycles. The van der Waals surface area contributed by atoms with E-state index >= 15 is 0 Å². The van der Waals surface area contributed by atoms with Crippen molar-refractivity contribution in [3.63, 3.8) is 0 Å². The zero-order valence-corrected chi connectivity index (χ0v) is 15.7. The standard InChI is InChI=1S/C20H31N3O2/c1-4-9-22(13-19-7-5-18(10-21)6-8-19)14-20(24)15-23-11-16(2)25-17(3)12-23/h5-8,16-17,20,24H,4,9,11-15H2,1-3H3. The molecule has 3 atom stereocenters. The van der Waals surface area contributed by atoms with Gasteiger partial charge in [0.15, 0.2) is 0 Å². The van der Waals surface area contributed by atoms with Crippen molar-refractivity contribution in [1.29, 1.82) is 5.26 Å². The fourth-order valence-corrected chi connectivity index (χ4v) is 3.58. The molecule has 0 aromatic heterocycles. The monoisotopic (exact) mass is 345 g/mol. The highest BCUT2D eigenvalue weighted by atomic mass is 16.5. The van der Waals surface area contributed by atoms with Gasteiger partial charge in [-0.1, -0.05) is 19.1 Å². The number of aliphatic hydroxyl groups excluding tert-OH is 1. The number of ether oxygens (including phenoxy) is 1. The summed E-state index contributed by atoms with van der Waals surface area (Å²) in [4.78, 5) is 4.59. The van der Waals surface area contributed by atoms with E-state index in [0.717, 1.165) is 32.6 Å². The topological polar surface area (TPSA) is 59.7 Å². The van der Waals surface area contributed by atoms with E-state index in [-0.39, 0.29) is 18.3 Å². The van der Waals surface area contributed by atoms with Crippen molar-refractivity contribution in [2.75, 3.05) is 32.7 Å². The molecule has 3 unspecified atom stereocenters. The fourth-order valence-electron chi connectivity index (χ4n) is 3.58. The quantitative estimate of drug-likeness (QED) is 0.783. The largest absolute Gasteiger partial charge is 0.390 e. The van der Waals surface area contributed by atoms with E-state index in [2.05, 4.69) is 36.6 Å². The number of benzene rings is 1. The van der Waals surface area contributed by atoms with Gasteiger partial charge in [0.1, 0.15) is 0 Å². The van der Waals surface area contributed by atoms with Crippen LogP contribution >= 0.6 is 0 Å². The first-order chi connectivity index (χ1) is 12.0. The molecule has 0 saturated carbocycles. The summed E-state index contributed by atoms with van der Waals surface area (Å²) < 4.78 is 5.76. The molecule has 0 radical (unpaired) electrons. The number of nitrogens with zero attached hydrogens (tertiary/aromatic N) is 3. The Kier molecular flexibility index (Phi) is 7.86. The van der Waals surface area contributed by atoms with Gasteiger partial charge in [0.2, 0.25) is 0 Å². The molecule has 5 nitrogen and oxygen atoms in total. The Morgan fingerprint density at radius 1 is 1.28 bits per heavy atom. The van der Waals surface area contributed by atoms with Crippen LogP contribution in [0, 0.1) is 11.3 Å². The summed E-state index contributed by atoms with van der Waals surface area (Å²) in [6, 6.07) is 9.85. The first-order valence-electron chi connectivity index (χ1n) is 9.27. The second-order valence-electron chi connectivity index (χ2n) is 7.17. The van der Waals surface area contributed by atoms with Gasteiger partial charge in [0.25, 0.3) is 0 Å². The van der Waals surface area contributed by atoms with E-state index < -0.39 is 0 Å². The SMILES string of the molecule is CCCN(Cc1ccc(C#N)cc1)CC(O)CN1CC(C)OC(C)C1. The highest BCUT2D eigenvalue weighted by Crippen LogP contribution is 2.12. The molecule has 1 aliphatic heterocycles. The Hall–Kier alpha value is -1.45. The van der Waals surface area contributed by atoms with Crippen LogP contribution in [0.15, 0.2) is 24.3 Å². The van der Waals surface area contributed by atoms with E-state index in [4.69, 9.17) is 10.00 Å². The van der Waals surface area contributed by atoms with Crippen molar-refractivity contribution in [3.8, 4) is 6.07 Å². The third kappa shape index (κ3) is 6.75. The lowest BCUT2D eigenvalue weighted by Gasteiger charge is -2.37. The molecule has 1 saturated heterocycles. The van der Waals surface area contributed by atoms with Gasteiger partial charge < -0.3 is 9.84 Å². The molecule has 0 spiro atoms. The number of nitriles is 1. The zero-order chi connectivity index (χ0) is 18.2. The highest BCUT2D eigenvalue weighted by molar-refractivity contribution is 5.31. The summed E-state index contributed by atoms with van der Waals surface area (Å²) in [5, 5.41) is 19.5. The highest BCUT2D eigenvalue weighted by Gasteiger charge is 2.24. The van der Waals surface area contributed by atoms with Crippen LogP contribution in [0.3, 0.4) is 0 Å². The lowest BCUT2D eigenvalue weighted by atomic mass is 10.1. The molecule has 2 rings (SSSR count). The Labute approximate surface area is 151 Å². The third-order valence-corrected chi connectivity index (χ3v) is 4.46. The van der Waals surface area contributed by atoms with Crippen LogP contribution in [0.5, 0.6) is 0 Å². The summed E-state index contributed by atoms with van der Waals surface area (Å²) in [7, 11) is 0. The van der Waals surface area contributed by atoms with Gasteiger partial charge in [0.05, 0.1) is 29.9 Å². The van der Waals surface area contributed by atoms with E-state index in [1.54, 1.807) is 0 Å². The molecule has 5 heteroatoms. The predicted molar refractivity (Wildman–Crippen MR) is 99.2 cm³/mol. The van der Waals surface area contributed by atoms with Crippen LogP contribution in [0.25, 0.3) is 0 Å². The summed E-state index contributed by atoms with van der Waals surface area (Å²) >= 11 is 0. The molecule has 1 aromatic carbocycles. The first-order valence-corrected chi connectivity index (χ1v) is 9.27. The van der Waals surface area contributed by atoms with Gasteiger partial charge in [-0.2, -0.15) is 5.26 Å². The number of hydrogen-bond donors (Lipinski definition) is 1. The van der Waals surface area contributed by atoms with Gasteiger partial charge >= 0.3 is 0 Å². The molecule has 1 aliphatic rings. The lowest BCUT2D eigenvalue weighted by Crippen LogP contribution is -2.49. The van der Waals surface area contributed by atoms with Gasteiger partial charge in [0, 0.05) is 32.7 Å². The minimum atomic E-state index is -0.373. The predicted octanol–water partition coefficient (Wildman–Crippen LogP) is 2.24. The van der Waals surface area contributed by atoms with Crippen LogP contribution in [-0.4, -0.2) is 65.9 Å². The lowest BCUT2D eigenvalue weighted by molar-refractivity contribution is -0.0781. The average Bonchev–Trinajstić information content (AvgIpc) is 2.54. The molecule has 138 valence electrons. The Balaban J connectivity index is 1.87. The molecular formula is C20H31N3O2. The van der Waals surface area contributed by atoms with Gasteiger partial charge in [-0.3, -0.25) is 9.80 Å². The maximum Gasteiger partial charge on any atom is 0.0991 e. The minimum absolute atomic E-state index is 0.223. The molecule has 1 heterocycles. The molecule has 1 aromatic rings. The van der Waals surface area contributed by atoms with Gasteiger partial charge in [-0.15, -0.1) is 0 Å². The molecule has 0 amide bonds. The summed E-state index contributed by atoms with van der Waals surface area (Å²) in [6.07, 6.45) is 1.12. The molecule has 1 N–H and O–H groups in total. The second kappa shape index (κ2) is 9.88. The van der Waals surface area contributed by atoms with Crippen molar-refractivity contribution in [2.45, 2.75) is 52.0 Å². The number of hydrogen-bond acceptors (Lipinski definition) is 5. The first kappa shape index (κ1) is 19.9. The van der Waals surface area contributed by atoms with Gasteiger partial charge in [-0.05, 0) is 44.5 Å². The van der Waals surface area contributed by atoms with Crippen LogP contribution in [0.1, 0.15) is 38.3 Å². The van der Waals surface area contributed by atoms with Crippen molar-refractivity contribution in [3.05, 3.63) is 35.4 Å². The third-order valence-electron chi connectivity index (χ3n) is 4.46. The maximum atomic E-state index is 10.6. The van der Waals surface area contributed by atoms with Crippen molar-refractivity contribution < 1.29 is 9.84 Å². The fraction of sp³-hybridized carbons (Fsp3) is 0.650. The number of morpholine rings is 1. The van der Waals surface area contributed by atoms with Crippen LogP contribution < -0.4 is 0 Å². The maximum absolute atomic E-state index is 10.6. The van der Waals surface area contributed by atoms with Crippen molar-refractivity contribution >= 4 is 0 Å². The average molecular weight is 345 g/mol. The van der Waals surface area contributed by atoms with E-state index in [1.807, 2.05) is 24.3 Å². The van der Waals surface area contributed by atoms with Crippen molar-refractivity contribution in [2.24, 2.45) is 0 Å². The van der Waals surface area contributed by atoms with E-state index in [9.17, 15) is 5.11 Å². The summed E-state index contributed by atoms with van der Waals surface area (Å²) in [6.45, 7) is 11.2. The molecule has 1 fully saturated rings. The smallest absolute Gasteiger partial charge is 0.0991 e. The van der Waals surface area contributed by atoms with E-state index in [0.29, 0.717) is 18.7 Å². The Morgan fingerprint density at radius 3 is 2.48 bits per heavy atom. The van der Waals surface area contributed by atoms with Crippen LogP contribution in [-0.2, 0) is 11.3 Å². The molecule has 25 heavy (non-hydrogen) atoms. The summed E-state index contributed by atoms with van der Waals surface area (Å²) in [5.41, 5.74) is 1.86. The molecular weight excluding hydrogens is 314 g/mol. The Bertz CT molecular complexity index is 545. The van der Waals surface area contributed by atoms with Gasteiger partial charge in [-0.25, -0.2) is 0 Å². The number of β-amino-alcohol motifs (C(OH)–C–C–N with tert-alkyl or cyclic N) is 1. The van der Waals surface area contributed by atoms with Crippen LogP contribution in [0.4, 0.5) is 0 Å². The van der Waals surface area contributed by atoms with Crippen LogP contribution in [0.2, 0.25) is 0 Å². The minimum Gasteiger partial charge on any atom is -0.390 e.